The number of hydrogen-bond acceptors (Lipinski definition) is 8. The number of thioether (sulfide) groups is 1. The van der Waals surface area contributed by atoms with E-state index in [1.165, 1.54) is 59.5 Å². The molecule has 0 radical (unpaired) electrons. The Morgan fingerprint density at radius 3 is 2.37 bits per heavy atom. The second-order valence-corrected chi connectivity index (χ2v) is 6.78. The number of carbonyl (C=O) groups is 1. The number of rotatable bonds is 5. The van der Waals surface area contributed by atoms with E-state index in [9.17, 15) is 25.0 Å². The van der Waals surface area contributed by atoms with Crippen LogP contribution in [0.1, 0.15) is 5.76 Å². The molecule has 1 aromatic heterocycles. The molecule has 9 nitrogen and oxygen atoms in total. The van der Waals surface area contributed by atoms with Gasteiger partial charge in [0.1, 0.15) is 10.7 Å². The molecule has 11 heteroatoms. The molecule has 1 aliphatic heterocycles. The van der Waals surface area contributed by atoms with Crippen molar-refractivity contribution in [3.63, 3.8) is 0 Å². The maximum absolute atomic E-state index is 12.5. The Balaban J connectivity index is 1.76. The van der Waals surface area contributed by atoms with Gasteiger partial charge in [0, 0.05) is 12.1 Å². The Morgan fingerprint density at radius 2 is 1.78 bits per heavy atom. The maximum Gasteiger partial charge on any atom is 0.433 e. The van der Waals surface area contributed by atoms with E-state index in [1.807, 2.05) is 0 Å². The lowest BCUT2D eigenvalue weighted by Crippen LogP contribution is -2.27. The third-order valence-electron chi connectivity index (χ3n) is 3.41. The third-order valence-corrected chi connectivity index (χ3v) is 4.73. The lowest BCUT2D eigenvalue weighted by molar-refractivity contribution is -0.402. The molecule has 0 spiro atoms. The zero-order valence-corrected chi connectivity index (χ0v) is 14.9. The van der Waals surface area contributed by atoms with Crippen molar-refractivity contribution in [2.45, 2.75) is 0 Å². The molecular formula is C16H9N3O6S2. The van der Waals surface area contributed by atoms with E-state index in [4.69, 9.17) is 16.6 Å². The van der Waals surface area contributed by atoms with Gasteiger partial charge in [0.2, 0.25) is 0 Å². The Labute approximate surface area is 161 Å². The van der Waals surface area contributed by atoms with E-state index < -0.39 is 9.85 Å². The smallest absolute Gasteiger partial charge is 0.401 e. The lowest BCUT2D eigenvalue weighted by atomic mass is 10.2. The molecule has 3 rings (SSSR count). The average molecular weight is 403 g/mol. The van der Waals surface area contributed by atoms with Crippen molar-refractivity contribution in [2.75, 3.05) is 4.90 Å². The number of benzene rings is 1. The van der Waals surface area contributed by atoms with Crippen LogP contribution in [0.2, 0.25) is 0 Å². The van der Waals surface area contributed by atoms with E-state index >= 15 is 0 Å². The van der Waals surface area contributed by atoms with E-state index in [0.717, 1.165) is 11.8 Å². The highest BCUT2D eigenvalue weighted by molar-refractivity contribution is 8.27. The van der Waals surface area contributed by atoms with E-state index in [2.05, 4.69) is 0 Å². The summed E-state index contributed by atoms with van der Waals surface area (Å²) in [4.78, 5) is 34.3. The van der Waals surface area contributed by atoms with Crippen LogP contribution in [0, 0.1) is 20.2 Å². The van der Waals surface area contributed by atoms with Gasteiger partial charge in [-0.2, -0.15) is 0 Å². The Hall–Kier alpha value is -3.31. The molecular weight excluding hydrogens is 394 g/mol. The molecule has 1 aromatic carbocycles. The zero-order chi connectivity index (χ0) is 19.6. The number of thiocarbonyl (C=S) groups is 1. The van der Waals surface area contributed by atoms with Crippen LogP contribution in [-0.4, -0.2) is 20.1 Å². The van der Waals surface area contributed by atoms with Gasteiger partial charge in [0.05, 0.1) is 21.6 Å². The summed E-state index contributed by atoms with van der Waals surface area (Å²) in [6, 6.07) is 8.15. The predicted molar refractivity (Wildman–Crippen MR) is 103 cm³/mol. The fraction of sp³-hybridized carbons (Fsp3) is 0. The van der Waals surface area contributed by atoms with Gasteiger partial charge in [-0.05, 0) is 30.4 Å². The van der Waals surface area contributed by atoms with Crippen molar-refractivity contribution in [1.82, 2.24) is 0 Å². The van der Waals surface area contributed by atoms with Gasteiger partial charge < -0.3 is 4.42 Å². The van der Waals surface area contributed by atoms with Gasteiger partial charge in [0.15, 0.2) is 4.32 Å². The molecule has 0 bridgehead atoms. The molecule has 0 saturated carbocycles. The summed E-state index contributed by atoms with van der Waals surface area (Å²) in [5.41, 5.74) is 0.340. The van der Waals surface area contributed by atoms with Crippen LogP contribution in [0.3, 0.4) is 0 Å². The van der Waals surface area contributed by atoms with Crippen molar-refractivity contribution in [3.8, 4) is 0 Å². The van der Waals surface area contributed by atoms with Gasteiger partial charge in [-0.3, -0.25) is 29.9 Å². The number of non-ortho nitro benzene ring substituents is 1. The van der Waals surface area contributed by atoms with Crippen LogP contribution in [0.4, 0.5) is 17.3 Å². The lowest BCUT2D eigenvalue weighted by Gasteiger charge is -2.13. The Morgan fingerprint density at radius 1 is 1.07 bits per heavy atom. The minimum absolute atomic E-state index is 0.0878. The summed E-state index contributed by atoms with van der Waals surface area (Å²) in [5, 5.41) is 21.3. The van der Waals surface area contributed by atoms with Crippen LogP contribution in [-0.2, 0) is 4.79 Å². The van der Waals surface area contributed by atoms with E-state index in [0.29, 0.717) is 14.9 Å². The molecule has 0 aliphatic carbocycles. The quantitative estimate of drug-likeness (QED) is 0.317. The van der Waals surface area contributed by atoms with Crippen molar-refractivity contribution in [1.29, 1.82) is 0 Å². The fourth-order valence-corrected chi connectivity index (χ4v) is 3.44. The number of amides is 1. The first-order valence-corrected chi connectivity index (χ1v) is 8.52. The van der Waals surface area contributed by atoms with E-state index in [1.54, 1.807) is 0 Å². The SMILES string of the molecule is O=C1/C(=C\C=C\c2ccc([N+](=O)[O-])o2)SC(=S)N1c1ccc([N+](=O)[O-])cc1. The molecule has 1 saturated heterocycles. The molecule has 0 N–H and O–H groups in total. The molecule has 2 heterocycles. The van der Waals surface area contributed by atoms with E-state index in [-0.39, 0.29) is 23.2 Å². The highest BCUT2D eigenvalue weighted by Gasteiger charge is 2.33. The summed E-state index contributed by atoms with van der Waals surface area (Å²) in [7, 11) is 0. The van der Waals surface area contributed by atoms with Crippen LogP contribution >= 0.6 is 24.0 Å². The Bertz CT molecular complexity index is 1010. The summed E-state index contributed by atoms with van der Waals surface area (Å²) >= 11 is 6.29. The van der Waals surface area contributed by atoms with Crippen molar-refractivity contribution in [2.24, 2.45) is 0 Å². The monoisotopic (exact) mass is 403 g/mol. The molecule has 0 unspecified atom stereocenters. The van der Waals surface area contributed by atoms with Crippen LogP contribution in [0.15, 0.2) is 57.9 Å². The highest BCUT2D eigenvalue weighted by Crippen LogP contribution is 2.35. The molecule has 0 atom stereocenters. The second kappa shape index (κ2) is 7.51. The average Bonchev–Trinajstić information content (AvgIpc) is 3.20. The van der Waals surface area contributed by atoms with Gasteiger partial charge in [-0.1, -0.05) is 30.1 Å². The maximum atomic E-state index is 12.5. The minimum Gasteiger partial charge on any atom is -0.401 e. The second-order valence-electron chi connectivity index (χ2n) is 5.11. The number of allylic oxidation sites excluding steroid dienone is 2. The summed E-state index contributed by atoms with van der Waals surface area (Å²) in [5.74, 6) is -0.475. The normalized spacial score (nSPS) is 15.9. The molecule has 1 amide bonds. The Kier molecular flexibility index (Phi) is 5.14. The third kappa shape index (κ3) is 3.93. The molecule has 136 valence electrons. The first-order chi connectivity index (χ1) is 12.9. The first kappa shape index (κ1) is 18.5. The van der Waals surface area contributed by atoms with Crippen molar-refractivity contribution in [3.05, 3.63) is 79.4 Å². The number of nitrogens with zero attached hydrogens (tertiary/aromatic N) is 3. The zero-order valence-electron chi connectivity index (χ0n) is 13.3. The van der Waals surface area contributed by atoms with Crippen molar-refractivity contribution < 1.29 is 19.1 Å². The number of furan rings is 1. The summed E-state index contributed by atoms with van der Waals surface area (Å²) < 4.78 is 5.27. The van der Waals surface area contributed by atoms with Gasteiger partial charge >= 0.3 is 5.88 Å². The first-order valence-electron chi connectivity index (χ1n) is 7.30. The topological polar surface area (TPSA) is 120 Å². The largest absolute Gasteiger partial charge is 0.433 e. The van der Waals surface area contributed by atoms with Gasteiger partial charge in [-0.25, -0.2) is 0 Å². The number of carbonyl (C=O) groups excluding carboxylic acids is 1. The molecule has 2 aromatic rings. The summed E-state index contributed by atoms with van der Waals surface area (Å²) in [6.07, 6.45) is 4.51. The van der Waals surface area contributed by atoms with Gasteiger partial charge in [-0.15, -0.1) is 0 Å². The minimum atomic E-state index is -0.646. The van der Waals surface area contributed by atoms with Crippen molar-refractivity contribution >= 4 is 57.5 Å². The number of anilines is 1. The van der Waals surface area contributed by atoms with Crippen LogP contribution < -0.4 is 4.90 Å². The molecule has 1 aliphatic rings. The predicted octanol–water partition coefficient (Wildman–Crippen LogP) is 4.06. The molecule has 1 fully saturated rings. The van der Waals surface area contributed by atoms with Gasteiger partial charge in [0.25, 0.3) is 11.6 Å². The summed E-state index contributed by atoms with van der Waals surface area (Å²) in [6.45, 7) is 0. The number of nitro groups is 2. The highest BCUT2D eigenvalue weighted by atomic mass is 32.2. The number of nitro benzene ring substituents is 1. The molecule has 27 heavy (non-hydrogen) atoms. The van der Waals surface area contributed by atoms with Crippen LogP contribution in [0.5, 0.6) is 0 Å². The standard InChI is InChI=1S/C16H9N3O6S2/c20-15-13(3-1-2-12-8-9-14(25-12)19(23)24)27-16(26)17(15)10-4-6-11(7-5-10)18(21)22/h1-9H/b2-1+,13-3+. The fourth-order valence-electron chi connectivity index (χ4n) is 2.19. The number of hydrogen-bond donors (Lipinski definition) is 0. The van der Waals surface area contributed by atoms with Crippen LogP contribution in [0.25, 0.3) is 6.08 Å².